The van der Waals surface area contributed by atoms with Crippen molar-refractivity contribution in [3.8, 4) is 0 Å². The number of likely N-dealkylation sites (tertiary alicyclic amines) is 1. The fourth-order valence-corrected chi connectivity index (χ4v) is 2.65. The Bertz CT molecular complexity index is 352. The van der Waals surface area contributed by atoms with E-state index in [1.165, 1.54) is 12.8 Å². The van der Waals surface area contributed by atoms with Gasteiger partial charge in [0.15, 0.2) is 0 Å². The molecule has 0 radical (unpaired) electrons. The van der Waals surface area contributed by atoms with E-state index >= 15 is 0 Å². The molecule has 0 bridgehead atoms. The number of hydrogen-bond donors (Lipinski definition) is 1. The summed E-state index contributed by atoms with van der Waals surface area (Å²) < 4.78 is 0. The second-order valence-electron chi connectivity index (χ2n) is 5.82. The van der Waals surface area contributed by atoms with Crippen molar-refractivity contribution in [3.63, 3.8) is 0 Å². The van der Waals surface area contributed by atoms with Crippen LogP contribution in [0, 0.1) is 0 Å². The predicted molar refractivity (Wildman–Crippen MR) is 75.7 cm³/mol. The van der Waals surface area contributed by atoms with Crippen LogP contribution < -0.4 is 0 Å². The topological polar surface area (TPSA) is 64.1 Å². The Hall–Kier alpha value is -1.30. The van der Waals surface area contributed by atoms with Crippen molar-refractivity contribution in [1.82, 2.24) is 14.7 Å². The summed E-state index contributed by atoms with van der Waals surface area (Å²) >= 11 is 0. The predicted octanol–water partition coefficient (Wildman–Crippen LogP) is 1.07. The van der Waals surface area contributed by atoms with Gasteiger partial charge in [0.05, 0.1) is 6.42 Å². The monoisotopic (exact) mass is 283 g/mol. The van der Waals surface area contributed by atoms with Gasteiger partial charge in [0.2, 0.25) is 0 Å². The first-order valence-corrected chi connectivity index (χ1v) is 7.54. The molecule has 1 saturated carbocycles. The number of carboxylic acids is 1. The highest BCUT2D eigenvalue weighted by molar-refractivity contribution is 5.76. The average Bonchev–Trinajstić information content (AvgIpc) is 3.11. The first-order valence-electron chi connectivity index (χ1n) is 7.54. The minimum Gasteiger partial charge on any atom is -0.481 e. The van der Waals surface area contributed by atoms with Gasteiger partial charge in [0.1, 0.15) is 0 Å². The number of hydrogen-bond acceptors (Lipinski definition) is 3. The van der Waals surface area contributed by atoms with Crippen molar-refractivity contribution in [2.24, 2.45) is 0 Å². The summed E-state index contributed by atoms with van der Waals surface area (Å²) in [6.07, 6.45) is 4.55. The van der Waals surface area contributed by atoms with E-state index in [0.717, 1.165) is 39.0 Å². The lowest BCUT2D eigenvalue weighted by Gasteiger charge is -2.29. The Kier molecular flexibility index (Phi) is 5.23. The molecule has 1 saturated heterocycles. The minimum absolute atomic E-state index is 0.0204. The second kappa shape index (κ2) is 6.92. The third-order valence-corrected chi connectivity index (χ3v) is 4.08. The van der Waals surface area contributed by atoms with Crippen molar-refractivity contribution in [2.45, 2.75) is 38.1 Å². The van der Waals surface area contributed by atoms with Crippen LogP contribution in [0.3, 0.4) is 0 Å². The van der Waals surface area contributed by atoms with Crippen molar-refractivity contribution >= 4 is 12.0 Å². The minimum atomic E-state index is -0.844. The quantitative estimate of drug-likeness (QED) is 0.759. The first-order chi connectivity index (χ1) is 9.58. The third kappa shape index (κ3) is 4.37. The molecule has 2 rings (SSSR count). The molecular formula is C14H25N3O3. The molecule has 0 aromatic carbocycles. The zero-order valence-electron chi connectivity index (χ0n) is 12.3. The zero-order valence-corrected chi connectivity index (χ0v) is 12.3. The van der Waals surface area contributed by atoms with Gasteiger partial charge in [-0.25, -0.2) is 4.79 Å². The summed E-state index contributed by atoms with van der Waals surface area (Å²) in [5.74, 6) is -0.844. The lowest BCUT2D eigenvalue weighted by Crippen LogP contribution is -2.45. The van der Waals surface area contributed by atoms with Gasteiger partial charge in [-0.05, 0) is 38.8 Å². The molecule has 0 aromatic heterocycles. The van der Waals surface area contributed by atoms with E-state index in [1.807, 2.05) is 7.05 Å². The fraction of sp³-hybridized carbons (Fsp3) is 0.857. The molecule has 0 spiro atoms. The molecule has 0 aromatic rings. The van der Waals surface area contributed by atoms with Crippen LogP contribution in [-0.2, 0) is 4.79 Å². The van der Waals surface area contributed by atoms with Crippen molar-refractivity contribution in [1.29, 1.82) is 0 Å². The molecule has 2 amide bonds. The largest absolute Gasteiger partial charge is 0.481 e. The van der Waals surface area contributed by atoms with Crippen LogP contribution in [0.1, 0.15) is 32.1 Å². The molecule has 2 aliphatic rings. The van der Waals surface area contributed by atoms with Crippen LogP contribution in [0.15, 0.2) is 0 Å². The molecule has 2 fully saturated rings. The number of carbonyl (C=O) groups excluding carboxylic acids is 1. The molecule has 1 aliphatic heterocycles. The van der Waals surface area contributed by atoms with Crippen LogP contribution in [0.2, 0.25) is 0 Å². The first kappa shape index (κ1) is 15.1. The Morgan fingerprint density at radius 1 is 1.20 bits per heavy atom. The highest BCUT2D eigenvalue weighted by Crippen LogP contribution is 2.27. The molecule has 114 valence electrons. The molecule has 0 atom stereocenters. The highest BCUT2D eigenvalue weighted by Gasteiger charge is 2.34. The van der Waals surface area contributed by atoms with E-state index in [2.05, 4.69) is 4.90 Å². The average molecular weight is 283 g/mol. The standard InChI is InChI=1S/C14H25N3O3/c1-15(10-11-16-7-2-3-8-16)14(20)17(12-4-5-12)9-6-13(18)19/h12H,2-11H2,1H3,(H,18,19). The summed E-state index contributed by atoms with van der Waals surface area (Å²) in [5, 5.41) is 8.77. The van der Waals surface area contributed by atoms with Gasteiger partial charge in [-0.15, -0.1) is 0 Å². The van der Waals surface area contributed by atoms with E-state index in [0.29, 0.717) is 6.54 Å². The van der Waals surface area contributed by atoms with Gasteiger partial charge in [0.25, 0.3) is 0 Å². The summed E-state index contributed by atoms with van der Waals surface area (Å²) in [7, 11) is 1.81. The van der Waals surface area contributed by atoms with Crippen LogP contribution >= 0.6 is 0 Å². The molecular weight excluding hydrogens is 258 g/mol. The summed E-state index contributed by atoms with van der Waals surface area (Å²) in [6, 6.07) is 0.240. The molecule has 1 N–H and O–H groups in total. The Morgan fingerprint density at radius 2 is 1.85 bits per heavy atom. The maximum Gasteiger partial charge on any atom is 0.320 e. The van der Waals surface area contributed by atoms with E-state index in [4.69, 9.17) is 5.11 Å². The number of carbonyl (C=O) groups is 2. The maximum atomic E-state index is 12.4. The molecule has 6 nitrogen and oxygen atoms in total. The van der Waals surface area contributed by atoms with Crippen molar-refractivity contribution in [2.75, 3.05) is 39.8 Å². The van der Waals surface area contributed by atoms with Crippen LogP contribution in [-0.4, -0.2) is 77.6 Å². The zero-order chi connectivity index (χ0) is 14.5. The van der Waals surface area contributed by atoms with Crippen LogP contribution in [0.5, 0.6) is 0 Å². The number of aliphatic carboxylic acids is 1. The molecule has 20 heavy (non-hydrogen) atoms. The van der Waals surface area contributed by atoms with Crippen molar-refractivity contribution in [3.05, 3.63) is 0 Å². The number of rotatable bonds is 7. The highest BCUT2D eigenvalue weighted by atomic mass is 16.4. The van der Waals surface area contributed by atoms with E-state index < -0.39 is 5.97 Å². The van der Waals surface area contributed by atoms with Gasteiger partial charge < -0.3 is 19.8 Å². The SMILES string of the molecule is CN(CCN1CCCC1)C(=O)N(CCC(=O)O)C1CC1. The van der Waals surface area contributed by atoms with E-state index in [-0.39, 0.29) is 18.5 Å². The molecule has 6 heteroatoms. The number of carboxylic acid groups (broad SMARTS) is 1. The van der Waals surface area contributed by atoms with E-state index in [9.17, 15) is 9.59 Å². The Balaban J connectivity index is 1.77. The van der Waals surface area contributed by atoms with Gasteiger partial charge in [0, 0.05) is 32.7 Å². The Morgan fingerprint density at radius 3 is 2.40 bits per heavy atom. The normalized spacial score (nSPS) is 19.1. The van der Waals surface area contributed by atoms with Gasteiger partial charge in [-0.3, -0.25) is 4.79 Å². The second-order valence-corrected chi connectivity index (χ2v) is 5.82. The number of amides is 2. The lowest BCUT2D eigenvalue weighted by atomic mass is 10.3. The van der Waals surface area contributed by atoms with Gasteiger partial charge >= 0.3 is 12.0 Å². The lowest BCUT2D eigenvalue weighted by molar-refractivity contribution is -0.137. The summed E-state index contributed by atoms with van der Waals surface area (Å²) in [5.41, 5.74) is 0. The Labute approximate surface area is 120 Å². The fourth-order valence-electron chi connectivity index (χ4n) is 2.65. The summed E-state index contributed by atoms with van der Waals surface area (Å²) in [6.45, 7) is 4.22. The van der Waals surface area contributed by atoms with Crippen molar-refractivity contribution < 1.29 is 14.7 Å². The maximum absolute atomic E-state index is 12.4. The molecule has 1 heterocycles. The van der Waals surface area contributed by atoms with Gasteiger partial charge in [-0.2, -0.15) is 0 Å². The molecule has 1 aliphatic carbocycles. The number of likely N-dealkylation sites (N-methyl/N-ethyl adjacent to an activating group) is 1. The third-order valence-electron chi connectivity index (χ3n) is 4.08. The smallest absolute Gasteiger partial charge is 0.320 e. The van der Waals surface area contributed by atoms with E-state index in [1.54, 1.807) is 9.80 Å². The summed E-state index contributed by atoms with van der Waals surface area (Å²) in [4.78, 5) is 28.9. The van der Waals surface area contributed by atoms with Crippen LogP contribution in [0.25, 0.3) is 0 Å². The van der Waals surface area contributed by atoms with Gasteiger partial charge in [-0.1, -0.05) is 0 Å². The van der Waals surface area contributed by atoms with Crippen LogP contribution in [0.4, 0.5) is 4.79 Å². The molecule has 0 unspecified atom stereocenters. The number of urea groups is 1. The number of nitrogens with zero attached hydrogens (tertiary/aromatic N) is 3.